The summed E-state index contributed by atoms with van der Waals surface area (Å²) in [6, 6.07) is 3.01. The van der Waals surface area contributed by atoms with Crippen molar-refractivity contribution in [2.45, 2.75) is 6.42 Å². The number of benzene rings is 1. The number of ether oxygens (including phenoxy) is 1. The fourth-order valence-corrected chi connectivity index (χ4v) is 1.76. The largest absolute Gasteiger partial charge is 0.462 e. The van der Waals surface area contributed by atoms with Crippen LogP contribution in [0.5, 0.6) is 0 Å². The Kier molecular flexibility index (Phi) is 5.48. The first-order chi connectivity index (χ1) is 7.91. The molecule has 92 valence electrons. The van der Waals surface area contributed by atoms with Crippen LogP contribution in [0, 0.1) is 3.57 Å². The molecule has 1 rings (SSSR count). The van der Waals surface area contributed by atoms with Crippen LogP contribution in [0.15, 0.2) is 12.1 Å². The van der Waals surface area contributed by atoms with E-state index in [9.17, 15) is 9.59 Å². The lowest BCUT2D eigenvalue weighted by Gasteiger charge is -2.07. The summed E-state index contributed by atoms with van der Waals surface area (Å²) in [5, 5.41) is -0.0907. The van der Waals surface area contributed by atoms with E-state index in [-0.39, 0.29) is 24.3 Å². The van der Waals surface area contributed by atoms with Gasteiger partial charge in [0.05, 0.1) is 23.6 Å². The van der Waals surface area contributed by atoms with Crippen LogP contribution in [0.4, 0.5) is 5.69 Å². The molecule has 1 aromatic rings. The van der Waals surface area contributed by atoms with E-state index < -0.39 is 11.2 Å². The third kappa shape index (κ3) is 4.33. The Morgan fingerprint density at radius 2 is 2.06 bits per heavy atom. The van der Waals surface area contributed by atoms with Crippen molar-refractivity contribution < 1.29 is 14.3 Å². The number of carbonyl (C=O) groups excluding carboxylic acids is 2. The van der Waals surface area contributed by atoms with E-state index in [1.165, 1.54) is 12.1 Å². The van der Waals surface area contributed by atoms with Crippen LogP contribution in [0.1, 0.15) is 16.8 Å². The summed E-state index contributed by atoms with van der Waals surface area (Å²) in [5.41, 5.74) is 6.10. The number of anilines is 1. The maximum atomic E-state index is 11.6. The van der Waals surface area contributed by atoms with E-state index in [1.807, 2.05) is 22.6 Å². The molecule has 1 aromatic carbocycles. The van der Waals surface area contributed by atoms with Crippen LogP contribution in [-0.4, -0.2) is 17.8 Å². The van der Waals surface area contributed by atoms with E-state index in [0.29, 0.717) is 8.59 Å². The molecule has 2 N–H and O–H groups in total. The summed E-state index contributed by atoms with van der Waals surface area (Å²) in [5.74, 6) is -0.602. The maximum absolute atomic E-state index is 11.6. The first kappa shape index (κ1) is 14.5. The number of nitrogen functional groups attached to an aromatic ring is 1. The van der Waals surface area contributed by atoms with Gasteiger partial charge in [-0.15, -0.1) is 0 Å². The monoisotopic (exact) mass is 387 g/mol. The Morgan fingerprint density at radius 3 is 2.65 bits per heavy atom. The van der Waals surface area contributed by atoms with E-state index in [4.69, 9.17) is 33.7 Å². The van der Waals surface area contributed by atoms with Crippen molar-refractivity contribution in [3.05, 3.63) is 26.3 Å². The van der Waals surface area contributed by atoms with Crippen LogP contribution in [0.3, 0.4) is 0 Å². The lowest BCUT2D eigenvalue weighted by atomic mass is 10.2. The average molecular weight is 388 g/mol. The number of esters is 1. The topological polar surface area (TPSA) is 69.4 Å². The van der Waals surface area contributed by atoms with Crippen molar-refractivity contribution in [2.75, 3.05) is 12.3 Å². The van der Waals surface area contributed by atoms with Crippen LogP contribution in [0.2, 0.25) is 5.02 Å². The Morgan fingerprint density at radius 1 is 1.41 bits per heavy atom. The van der Waals surface area contributed by atoms with E-state index >= 15 is 0 Å². The second kappa shape index (κ2) is 6.42. The lowest BCUT2D eigenvalue weighted by molar-refractivity contribution is -0.112. The normalized spacial score (nSPS) is 10.1. The van der Waals surface area contributed by atoms with Gasteiger partial charge in [-0.05, 0) is 46.3 Å². The molecule has 0 saturated heterocycles. The highest BCUT2D eigenvalue weighted by molar-refractivity contribution is 14.1. The SMILES string of the molecule is Nc1cc(Cl)c(I)cc1C(=O)OCCC(=O)Cl. The second-order valence-electron chi connectivity index (χ2n) is 3.09. The Balaban J connectivity index is 2.75. The Hall–Kier alpha value is -0.530. The van der Waals surface area contributed by atoms with E-state index in [2.05, 4.69) is 0 Å². The van der Waals surface area contributed by atoms with Crippen LogP contribution in [-0.2, 0) is 9.53 Å². The predicted octanol–water partition coefficient (Wildman–Crippen LogP) is 2.84. The third-order valence-corrected chi connectivity index (χ3v) is 3.56. The third-order valence-electron chi connectivity index (χ3n) is 1.84. The van der Waals surface area contributed by atoms with Crippen LogP contribution in [0.25, 0.3) is 0 Å². The van der Waals surface area contributed by atoms with Crippen molar-refractivity contribution in [3.8, 4) is 0 Å². The van der Waals surface area contributed by atoms with Gasteiger partial charge in [0.1, 0.15) is 0 Å². The molecule has 0 spiro atoms. The van der Waals surface area contributed by atoms with Crippen molar-refractivity contribution in [3.63, 3.8) is 0 Å². The van der Waals surface area contributed by atoms with Crippen molar-refractivity contribution in [1.82, 2.24) is 0 Å². The highest BCUT2D eigenvalue weighted by Gasteiger charge is 2.14. The molecule has 4 nitrogen and oxygen atoms in total. The van der Waals surface area contributed by atoms with E-state index in [0.717, 1.165) is 0 Å². The lowest BCUT2D eigenvalue weighted by Crippen LogP contribution is -2.10. The molecule has 0 bridgehead atoms. The molecule has 7 heteroatoms. The number of rotatable bonds is 4. The number of hydrogen-bond acceptors (Lipinski definition) is 4. The van der Waals surface area contributed by atoms with Gasteiger partial charge in [-0.25, -0.2) is 4.79 Å². The van der Waals surface area contributed by atoms with Gasteiger partial charge in [0.15, 0.2) is 0 Å². The van der Waals surface area contributed by atoms with Gasteiger partial charge in [-0.1, -0.05) is 11.6 Å². The molecule has 0 atom stereocenters. The number of halogens is 3. The molecule has 0 aliphatic carbocycles. The number of carbonyl (C=O) groups is 2. The molecule has 0 aliphatic rings. The van der Waals surface area contributed by atoms with Crippen molar-refractivity contribution in [2.24, 2.45) is 0 Å². The van der Waals surface area contributed by atoms with Crippen LogP contribution >= 0.6 is 45.8 Å². The standard InChI is InChI=1S/C10H8Cl2INO3/c11-6-4-8(14)5(3-7(6)13)10(16)17-2-1-9(12)15/h3-4H,1-2,14H2. The molecule has 17 heavy (non-hydrogen) atoms. The van der Waals surface area contributed by atoms with Crippen molar-refractivity contribution >= 4 is 62.7 Å². The van der Waals surface area contributed by atoms with Gasteiger partial charge in [-0.2, -0.15) is 0 Å². The molecule has 0 fully saturated rings. The zero-order valence-electron chi connectivity index (χ0n) is 8.50. The molecule has 0 unspecified atom stereocenters. The average Bonchev–Trinajstić information content (AvgIpc) is 2.22. The highest BCUT2D eigenvalue weighted by Crippen LogP contribution is 2.25. The number of nitrogens with two attached hydrogens (primary N) is 1. The fraction of sp³-hybridized carbons (Fsp3) is 0.200. The molecular weight excluding hydrogens is 380 g/mol. The molecule has 0 amide bonds. The molecular formula is C10H8Cl2INO3. The molecule has 0 aliphatic heterocycles. The predicted molar refractivity (Wildman–Crippen MR) is 74.3 cm³/mol. The Labute approximate surface area is 122 Å². The maximum Gasteiger partial charge on any atom is 0.340 e. The fourth-order valence-electron chi connectivity index (χ4n) is 1.04. The van der Waals surface area contributed by atoms with Crippen molar-refractivity contribution in [1.29, 1.82) is 0 Å². The zero-order valence-corrected chi connectivity index (χ0v) is 12.2. The minimum Gasteiger partial charge on any atom is -0.462 e. The molecule has 0 saturated carbocycles. The summed E-state index contributed by atoms with van der Waals surface area (Å²) in [6.07, 6.45) is -0.0299. The molecule has 0 radical (unpaired) electrons. The first-order valence-electron chi connectivity index (χ1n) is 4.51. The Bertz CT molecular complexity index is 465. The summed E-state index contributed by atoms with van der Waals surface area (Å²) in [6.45, 7) is -0.0696. The zero-order chi connectivity index (χ0) is 13.0. The summed E-state index contributed by atoms with van der Waals surface area (Å²) in [4.78, 5) is 22.1. The highest BCUT2D eigenvalue weighted by atomic mass is 127. The van der Waals surface area contributed by atoms with Gasteiger partial charge < -0.3 is 10.5 Å². The summed E-state index contributed by atoms with van der Waals surface area (Å²) in [7, 11) is 0. The number of hydrogen-bond donors (Lipinski definition) is 1. The minimum atomic E-state index is -0.602. The quantitative estimate of drug-likeness (QED) is 0.373. The summed E-state index contributed by atoms with van der Waals surface area (Å²) < 4.78 is 5.54. The van der Waals surface area contributed by atoms with Crippen LogP contribution < -0.4 is 5.73 Å². The van der Waals surface area contributed by atoms with Gasteiger partial charge >= 0.3 is 5.97 Å². The van der Waals surface area contributed by atoms with E-state index in [1.54, 1.807) is 0 Å². The first-order valence-corrected chi connectivity index (χ1v) is 6.35. The van der Waals surface area contributed by atoms with Gasteiger partial charge in [0.2, 0.25) is 5.24 Å². The van der Waals surface area contributed by atoms with Gasteiger partial charge in [0, 0.05) is 9.26 Å². The molecule has 0 aromatic heterocycles. The van der Waals surface area contributed by atoms with Gasteiger partial charge in [0.25, 0.3) is 0 Å². The van der Waals surface area contributed by atoms with Gasteiger partial charge in [-0.3, -0.25) is 4.79 Å². The second-order valence-corrected chi connectivity index (χ2v) is 5.09. The molecule has 0 heterocycles. The minimum absolute atomic E-state index is 0.0299. The summed E-state index contributed by atoms with van der Waals surface area (Å²) >= 11 is 12.9. The smallest absolute Gasteiger partial charge is 0.340 e.